The number of unbranched alkanes of at least 4 members (excludes halogenated alkanes) is 1. The lowest BCUT2D eigenvalue weighted by Crippen LogP contribution is -1.98. The Hall–Kier alpha value is 0.0249. The van der Waals surface area contributed by atoms with Crippen LogP contribution in [0.1, 0.15) is 19.8 Å². The van der Waals surface area contributed by atoms with E-state index in [-0.39, 0.29) is 0 Å². The lowest BCUT2D eigenvalue weighted by atomic mass is 9.74. The van der Waals surface area contributed by atoms with Crippen molar-refractivity contribution in [2.75, 3.05) is 13.6 Å². The van der Waals surface area contributed by atoms with Gasteiger partial charge in [-0.15, -0.1) is 0 Å². The zero-order chi connectivity index (χ0) is 6.24. The van der Waals surface area contributed by atoms with Gasteiger partial charge in [-0.3, -0.25) is 0 Å². The molecule has 0 saturated heterocycles. The molecular weight excluding hydrogens is 98.9 g/mol. The summed E-state index contributed by atoms with van der Waals surface area (Å²) in [7, 11) is 3.89. The van der Waals surface area contributed by atoms with E-state index in [2.05, 4.69) is 14.2 Å². The van der Waals surface area contributed by atoms with Crippen LogP contribution in [0.25, 0.3) is 0 Å². The SMILES string of the molecule is CCCC[B]COC. The zero-order valence-electron chi connectivity index (χ0n) is 5.81. The average Bonchev–Trinajstić information content (AvgIpc) is 1.81. The summed E-state index contributed by atoms with van der Waals surface area (Å²) in [4.78, 5) is 0. The molecule has 0 heterocycles. The molecule has 0 rings (SSSR count). The van der Waals surface area contributed by atoms with E-state index in [0.29, 0.717) is 0 Å². The quantitative estimate of drug-likeness (QED) is 0.387. The van der Waals surface area contributed by atoms with E-state index in [0.717, 1.165) is 6.51 Å². The van der Waals surface area contributed by atoms with Crippen molar-refractivity contribution in [3.63, 3.8) is 0 Å². The summed E-state index contributed by atoms with van der Waals surface area (Å²) in [6.07, 6.45) is 3.77. The Labute approximate surface area is 52.7 Å². The summed E-state index contributed by atoms with van der Waals surface area (Å²) >= 11 is 0. The minimum Gasteiger partial charge on any atom is -0.394 e. The first-order valence-electron chi connectivity index (χ1n) is 3.22. The van der Waals surface area contributed by atoms with Crippen molar-refractivity contribution in [1.29, 1.82) is 0 Å². The Morgan fingerprint density at radius 2 is 2.25 bits per heavy atom. The van der Waals surface area contributed by atoms with Crippen molar-refractivity contribution in [3.05, 3.63) is 0 Å². The molecule has 0 fully saturated rings. The lowest BCUT2D eigenvalue weighted by molar-refractivity contribution is 0.251. The smallest absolute Gasteiger partial charge is 0.144 e. The maximum absolute atomic E-state index is 4.83. The summed E-state index contributed by atoms with van der Waals surface area (Å²) in [5.41, 5.74) is 0. The average molecular weight is 113 g/mol. The second-order valence-electron chi connectivity index (χ2n) is 1.89. The third-order valence-electron chi connectivity index (χ3n) is 1.05. The molecule has 0 amide bonds. The number of ether oxygens (including phenoxy) is 1. The second kappa shape index (κ2) is 7.02. The molecule has 0 atom stereocenters. The number of hydrogen-bond acceptors (Lipinski definition) is 1. The molecule has 0 saturated carbocycles. The van der Waals surface area contributed by atoms with Crippen LogP contribution < -0.4 is 0 Å². The highest BCUT2D eigenvalue weighted by molar-refractivity contribution is 6.35. The van der Waals surface area contributed by atoms with Crippen LogP contribution >= 0.6 is 0 Å². The standard InChI is InChI=1S/C6H14BO/c1-3-4-5-7-6-8-2/h3-6H2,1-2H3. The van der Waals surface area contributed by atoms with Gasteiger partial charge in [0.15, 0.2) is 0 Å². The molecule has 0 aliphatic carbocycles. The summed E-state index contributed by atoms with van der Waals surface area (Å²) in [5, 5.41) is 0. The van der Waals surface area contributed by atoms with Crippen LogP contribution in [-0.4, -0.2) is 20.9 Å². The summed E-state index contributed by atoms with van der Waals surface area (Å²) in [6.45, 7) is 3.00. The maximum Gasteiger partial charge on any atom is 0.144 e. The van der Waals surface area contributed by atoms with E-state index in [9.17, 15) is 0 Å². The van der Waals surface area contributed by atoms with Crippen molar-refractivity contribution >= 4 is 7.28 Å². The van der Waals surface area contributed by atoms with Crippen LogP contribution in [0.5, 0.6) is 0 Å². The molecule has 0 aromatic carbocycles. The largest absolute Gasteiger partial charge is 0.394 e. The van der Waals surface area contributed by atoms with E-state index in [1.807, 2.05) is 0 Å². The van der Waals surface area contributed by atoms with Crippen molar-refractivity contribution in [2.24, 2.45) is 0 Å². The second-order valence-corrected chi connectivity index (χ2v) is 1.89. The van der Waals surface area contributed by atoms with Crippen LogP contribution in [0.2, 0.25) is 6.32 Å². The minimum atomic E-state index is 0.806. The molecule has 47 valence electrons. The van der Waals surface area contributed by atoms with Crippen molar-refractivity contribution < 1.29 is 4.74 Å². The highest BCUT2D eigenvalue weighted by Gasteiger charge is 1.86. The Balaban J connectivity index is 2.53. The van der Waals surface area contributed by atoms with Gasteiger partial charge in [0.25, 0.3) is 0 Å². The molecule has 1 radical (unpaired) electrons. The normalized spacial score (nSPS) is 9.25. The van der Waals surface area contributed by atoms with Crippen LogP contribution in [0.4, 0.5) is 0 Å². The Morgan fingerprint density at radius 3 is 2.75 bits per heavy atom. The topological polar surface area (TPSA) is 9.23 Å². The highest BCUT2D eigenvalue weighted by atomic mass is 16.5. The molecule has 2 heteroatoms. The minimum absolute atomic E-state index is 0.806. The van der Waals surface area contributed by atoms with E-state index in [1.165, 1.54) is 19.2 Å². The molecule has 0 aliphatic rings. The summed E-state index contributed by atoms with van der Waals surface area (Å²) in [6, 6.07) is 0. The Kier molecular flexibility index (Phi) is 7.05. The van der Waals surface area contributed by atoms with Crippen LogP contribution in [0, 0.1) is 0 Å². The van der Waals surface area contributed by atoms with E-state index < -0.39 is 0 Å². The molecule has 0 aromatic heterocycles. The fraction of sp³-hybridized carbons (Fsp3) is 1.00. The first kappa shape index (κ1) is 8.02. The monoisotopic (exact) mass is 113 g/mol. The molecule has 8 heavy (non-hydrogen) atoms. The van der Waals surface area contributed by atoms with Gasteiger partial charge < -0.3 is 4.74 Å². The van der Waals surface area contributed by atoms with Crippen LogP contribution in [0.15, 0.2) is 0 Å². The van der Waals surface area contributed by atoms with Gasteiger partial charge in [0.05, 0.1) is 0 Å². The van der Waals surface area contributed by atoms with E-state index in [4.69, 9.17) is 4.74 Å². The van der Waals surface area contributed by atoms with Gasteiger partial charge in [-0.05, 0) is 0 Å². The Bertz CT molecular complexity index is 33.5. The third kappa shape index (κ3) is 6.02. The molecule has 0 N–H and O–H groups in total. The maximum atomic E-state index is 4.83. The predicted octanol–water partition coefficient (Wildman–Crippen LogP) is 1.51. The third-order valence-corrected chi connectivity index (χ3v) is 1.05. The molecule has 0 bridgehead atoms. The van der Waals surface area contributed by atoms with Gasteiger partial charge in [0.1, 0.15) is 7.28 Å². The van der Waals surface area contributed by atoms with Gasteiger partial charge in [-0.25, -0.2) is 0 Å². The highest BCUT2D eigenvalue weighted by Crippen LogP contribution is 1.91. The van der Waals surface area contributed by atoms with E-state index >= 15 is 0 Å². The molecular formula is C6H14BO. The summed E-state index contributed by atoms with van der Waals surface area (Å²) in [5.74, 6) is 0. The fourth-order valence-corrected chi connectivity index (χ4v) is 0.550. The molecule has 1 nitrogen and oxygen atoms in total. The fourth-order valence-electron chi connectivity index (χ4n) is 0.550. The Morgan fingerprint density at radius 1 is 1.50 bits per heavy atom. The first-order valence-corrected chi connectivity index (χ1v) is 3.22. The molecule has 0 spiro atoms. The van der Waals surface area contributed by atoms with Gasteiger partial charge in [0, 0.05) is 13.6 Å². The molecule has 0 aliphatic heterocycles. The zero-order valence-corrected chi connectivity index (χ0v) is 5.81. The number of methoxy groups -OCH3 is 1. The van der Waals surface area contributed by atoms with Gasteiger partial charge >= 0.3 is 0 Å². The van der Waals surface area contributed by atoms with Crippen molar-refractivity contribution in [1.82, 2.24) is 0 Å². The van der Waals surface area contributed by atoms with E-state index in [1.54, 1.807) is 7.11 Å². The molecule has 0 aromatic rings. The van der Waals surface area contributed by atoms with Gasteiger partial charge in [0.2, 0.25) is 0 Å². The van der Waals surface area contributed by atoms with Crippen LogP contribution in [0.3, 0.4) is 0 Å². The van der Waals surface area contributed by atoms with Gasteiger partial charge in [-0.2, -0.15) is 0 Å². The van der Waals surface area contributed by atoms with Crippen molar-refractivity contribution in [3.8, 4) is 0 Å². The number of hydrogen-bond donors (Lipinski definition) is 0. The predicted molar refractivity (Wildman–Crippen MR) is 37.3 cm³/mol. The first-order chi connectivity index (χ1) is 3.91. The number of rotatable bonds is 5. The lowest BCUT2D eigenvalue weighted by Gasteiger charge is -1.93. The molecule has 0 unspecified atom stereocenters. The van der Waals surface area contributed by atoms with Crippen molar-refractivity contribution in [2.45, 2.75) is 26.1 Å². The summed E-state index contributed by atoms with van der Waals surface area (Å²) < 4.78 is 4.83. The van der Waals surface area contributed by atoms with Crippen LogP contribution in [-0.2, 0) is 4.74 Å². The van der Waals surface area contributed by atoms with Gasteiger partial charge in [-0.1, -0.05) is 26.1 Å².